The lowest BCUT2D eigenvalue weighted by Crippen LogP contribution is -2.38. The Morgan fingerprint density at radius 3 is 2.73 bits per heavy atom. The fraction of sp³-hybridized carbons (Fsp3) is 0.529. The summed E-state index contributed by atoms with van der Waals surface area (Å²) in [5, 5.41) is 5.68. The van der Waals surface area contributed by atoms with Gasteiger partial charge in [0.25, 0.3) is 0 Å². The van der Waals surface area contributed by atoms with Crippen molar-refractivity contribution in [3.8, 4) is 5.75 Å². The Balaban J connectivity index is 1.66. The maximum absolute atomic E-state index is 12.4. The zero-order chi connectivity index (χ0) is 15.4. The molecule has 1 aliphatic heterocycles. The van der Waals surface area contributed by atoms with Crippen molar-refractivity contribution in [3.05, 3.63) is 24.3 Å². The van der Waals surface area contributed by atoms with Crippen molar-refractivity contribution in [1.82, 2.24) is 5.32 Å². The second-order valence-corrected chi connectivity index (χ2v) is 6.05. The molecule has 2 amide bonds. The zero-order valence-electron chi connectivity index (χ0n) is 12.6. The van der Waals surface area contributed by atoms with Gasteiger partial charge in [-0.3, -0.25) is 9.59 Å². The minimum atomic E-state index is -0.256. The van der Waals surface area contributed by atoms with Gasteiger partial charge in [-0.1, -0.05) is 12.1 Å². The molecule has 1 saturated heterocycles. The predicted molar refractivity (Wildman–Crippen MR) is 83.7 cm³/mol. The molecule has 1 atom stereocenters. The molecule has 1 saturated carbocycles. The highest BCUT2D eigenvalue weighted by Crippen LogP contribution is 2.30. The summed E-state index contributed by atoms with van der Waals surface area (Å²) >= 11 is 0. The van der Waals surface area contributed by atoms with Crippen LogP contribution >= 0.6 is 0 Å². The topological polar surface area (TPSA) is 67.4 Å². The van der Waals surface area contributed by atoms with Gasteiger partial charge in [0.2, 0.25) is 11.8 Å². The number of hydrogen-bond donors (Lipinski definition) is 2. The Labute approximate surface area is 130 Å². The first-order chi connectivity index (χ1) is 10.7. The third-order valence-corrected chi connectivity index (χ3v) is 4.36. The second kappa shape index (κ2) is 6.81. The number of anilines is 1. The summed E-state index contributed by atoms with van der Waals surface area (Å²) in [4.78, 5) is 23.8. The molecular weight excluding hydrogens is 280 g/mol. The smallest absolute Gasteiger partial charge is 0.228 e. The van der Waals surface area contributed by atoms with Crippen LogP contribution in [0, 0.1) is 5.92 Å². The molecule has 2 aliphatic rings. The number of para-hydroxylation sites is 2. The molecule has 1 aromatic rings. The monoisotopic (exact) mass is 302 g/mol. The average Bonchev–Trinajstić information content (AvgIpc) is 3.02. The Bertz CT molecular complexity index is 553. The fourth-order valence-corrected chi connectivity index (χ4v) is 3.10. The quantitative estimate of drug-likeness (QED) is 0.898. The molecule has 0 radical (unpaired) electrons. The third-order valence-electron chi connectivity index (χ3n) is 4.36. The van der Waals surface area contributed by atoms with Gasteiger partial charge in [0.05, 0.1) is 11.8 Å². The number of nitrogens with one attached hydrogen (secondary N) is 2. The van der Waals surface area contributed by atoms with E-state index in [1.807, 2.05) is 24.3 Å². The van der Waals surface area contributed by atoms with Crippen LogP contribution in [0.15, 0.2) is 24.3 Å². The van der Waals surface area contributed by atoms with Gasteiger partial charge in [0.15, 0.2) is 0 Å². The van der Waals surface area contributed by atoms with Crippen LogP contribution in [0.5, 0.6) is 5.75 Å². The first kappa shape index (κ1) is 14.9. The van der Waals surface area contributed by atoms with Crippen molar-refractivity contribution in [2.24, 2.45) is 5.92 Å². The maximum atomic E-state index is 12.4. The van der Waals surface area contributed by atoms with E-state index in [9.17, 15) is 9.59 Å². The lowest BCUT2D eigenvalue weighted by Gasteiger charge is -2.22. The SMILES string of the molecule is O=C1CC(C(=O)Nc2ccccc2OC2CCCC2)CCN1. The molecule has 2 N–H and O–H groups in total. The van der Waals surface area contributed by atoms with Crippen LogP contribution in [-0.4, -0.2) is 24.5 Å². The van der Waals surface area contributed by atoms with Crippen molar-refractivity contribution in [1.29, 1.82) is 0 Å². The van der Waals surface area contributed by atoms with Gasteiger partial charge in [-0.15, -0.1) is 0 Å². The van der Waals surface area contributed by atoms with E-state index in [0.29, 0.717) is 18.7 Å². The van der Waals surface area contributed by atoms with Crippen LogP contribution in [0.3, 0.4) is 0 Å². The number of piperidine rings is 1. The highest BCUT2D eigenvalue weighted by atomic mass is 16.5. The van der Waals surface area contributed by atoms with E-state index in [4.69, 9.17) is 4.74 Å². The summed E-state index contributed by atoms with van der Waals surface area (Å²) in [5.41, 5.74) is 0.699. The van der Waals surface area contributed by atoms with E-state index in [0.717, 1.165) is 18.6 Å². The van der Waals surface area contributed by atoms with Gasteiger partial charge in [0, 0.05) is 18.9 Å². The molecule has 2 fully saturated rings. The van der Waals surface area contributed by atoms with Crippen molar-refractivity contribution < 1.29 is 14.3 Å². The number of hydrogen-bond acceptors (Lipinski definition) is 3. The van der Waals surface area contributed by atoms with Crippen molar-refractivity contribution in [3.63, 3.8) is 0 Å². The zero-order valence-corrected chi connectivity index (χ0v) is 12.6. The minimum absolute atomic E-state index is 0.0538. The predicted octanol–water partition coefficient (Wildman–Crippen LogP) is 2.47. The van der Waals surface area contributed by atoms with E-state index in [-0.39, 0.29) is 30.3 Å². The number of carbonyl (C=O) groups is 2. The number of carbonyl (C=O) groups excluding carboxylic acids is 2. The highest BCUT2D eigenvalue weighted by Gasteiger charge is 2.26. The second-order valence-electron chi connectivity index (χ2n) is 6.05. The van der Waals surface area contributed by atoms with Crippen molar-refractivity contribution >= 4 is 17.5 Å². The summed E-state index contributed by atoms with van der Waals surface area (Å²) < 4.78 is 6.02. The Kier molecular flexibility index (Phi) is 4.61. The number of benzene rings is 1. The van der Waals surface area contributed by atoms with Crippen LogP contribution in [0.1, 0.15) is 38.5 Å². The molecule has 1 heterocycles. The molecule has 1 unspecified atom stereocenters. The lowest BCUT2D eigenvalue weighted by atomic mass is 9.96. The van der Waals surface area contributed by atoms with Crippen LogP contribution in [0.25, 0.3) is 0 Å². The van der Waals surface area contributed by atoms with Gasteiger partial charge in [-0.2, -0.15) is 0 Å². The standard InChI is InChI=1S/C17H22N2O3/c20-16-11-12(9-10-18-16)17(21)19-14-7-3-4-8-15(14)22-13-5-1-2-6-13/h3-4,7-8,12-13H,1-2,5-6,9-11H2,(H,18,20)(H,19,21). The summed E-state index contributed by atoms with van der Waals surface area (Å²) in [7, 11) is 0. The van der Waals surface area contributed by atoms with Crippen LogP contribution in [0.2, 0.25) is 0 Å². The van der Waals surface area contributed by atoms with E-state index in [1.165, 1.54) is 12.8 Å². The average molecular weight is 302 g/mol. The minimum Gasteiger partial charge on any atom is -0.488 e. The largest absolute Gasteiger partial charge is 0.488 e. The molecule has 0 aromatic heterocycles. The number of amides is 2. The molecule has 1 aromatic carbocycles. The van der Waals surface area contributed by atoms with Crippen LogP contribution in [-0.2, 0) is 9.59 Å². The molecule has 1 aliphatic carbocycles. The van der Waals surface area contributed by atoms with Crippen molar-refractivity contribution in [2.75, 3.05) is 11.9 Å². The van der Waals surface area contributed by atoms with Gasteiger partial charge < -0.3 is 15.4 Å². The maximum Gasteiger partial charge on any atom is 0.228 e. The van der Waals surface area contributed by atoms with E-state index in [1.54, 1.807) is 0 Å². The number of rotatable bonds is 4. The molecule has 0 spiro atoms. The Morgan fingerprint density at radius 1 is 1.18 bits per heavy atom. The molecule has 22 heavy (non-hydrogen) atoms. The summed E-state index contributed by atoms with van der Waals surface area (Å²) in [6.45, 7) is 0.567. The Morgan fingerprint density at radius 2 is 1.95 bits per heavy atom. The Hall–Kier alpha value is -2.04. The fourth-order valence-electron chi connectivity index (χ4n) is 3.10. The molecule has 118 valence electrons. The van der Waals surface area contributed by atoms with Gasteiger partial charge >= 0.3 is 0 Å². The molecule has 5 heteroatoms. The summed E-state index contributed by atoms with van der Waals surface area (Å²) in [6.07, 6.45) is 5.75. The van der Waals surface area contributed by atoms with Crippen LogP contribution in [0.4, 0.5) is 5.69 Å². The van der Waals surface area contributed by atoms with Gasteiger partial charge in [-0.25, -0.2) is 0 Å². The molecular formula is C17H22N2O3. The first-order valence-corrected chi connectivity index (χ1v) is 8.05. The normalized spacial score (nSPS) is 22.2. The van der Waals surface area contributed by atoms with E-state index >= 15 is 0 Å². The summed E-state index contributed by atoms with van der Waals surface area (Å²) in [6, 6.07) is 7.53. The van der Waals surface area contributed by atoms with Crippen LogP contribution < -0.4 is 15.4 Å². The molecule has 0 bridgehead atoms. The summed E-state index contributed by atoms with van der Waals surface area (Å²) in [5.74, 6) is 0.315. The van der Waals surface area contributed by atoms with Gasteiger partial charge in [0.1, 0.15) is 5.75 Å². The van der Waals surface area contributed by atoms with Crippen molar-refractivity contribution in [2.45, 2.75) is 44.6 Å². The molecule has 3 rings (SSSR count). The van der Waals surface area contributed by atoms with Gasteiger partial charge in [-0.05, 0) is 44.2 Å². The molecule has 5 nitrogen and oxygen atoms in total. The van der Waals surface area contributed by atoms with E-state index in [2.05, 4.69) is 10.6 Å². The lowest BCUT2D eigenvalue weighted by molar-refractivity contribution is -0.129. The number of ether oxygens (including phenoxy) is 1. The third kappa shape index (κ3) is 3.59. The van der Waals surface area contributed by atoms with E-state index < -0.39 is 0 Å². The highest BCUT2D eigenvalue weighted by molar-refractivity contribution is 5.96. The first-order valence-electron chi connectivity index (χ1n) is 8.05.